The third-order valence-electron chi connectivity index (χ3n) is 4.44. The van der Waals surface area contributed by atoms with Crippen molar-refractivity contribution >= 4 is 44.4 Å². The van der Waals surface area contributed by atoms with Crippen LogP contribution in [0.2, 0.25) is 0 Å². The van der Waals surface area contributed by atoms with Crippen LogP contribution in [-0.2, 0) is 29.5 Å². The van der Waals surface area contributed by atoms with Gasteiger partial charge in [-0.25, -0.2) is 9.97 Å². The number of rotatable bonds is 5. The number of carbonyl (C=O) groups is 2. The minimum Gasteiger partial charge on any atom is -0.331 e. The van der Waals surface area contributed by atoms with Gasteiger partial charge >= 0.3 is 0 Å². The van der Waals surface area contributed by atoms with Crippen LogP contribution in [0.4, 0.5) is 0 Å². The molecule has 0 saturated heterocycles. The van der Waals surface area contributed by atoms with E-state index in [1.165, 1.54) is 0 Å². The fraction of sp³-hybridized carbons (Fsp3) is 0.200. The first kappa shape index (κ1) is 18.1. The standard InChI is InChI=1S/C20H19N5O2S/c1-25-15-8-4-2-6-13(15)21-17(25)12-19(27)24-23-18(26)10-11-20-22-14-7-3-5-9-16(14)28-20/h2-9H,10-12H2,1H3,(H,23,26)(H,24,27). The second kappa shape index (κ2) is 7.77. The highest BCUT2D eigenvalue weighted by Crippen LogP contribution is 2.22. The molecule has 0 fully saturated rings. The zero-order valence-corrected chi connectivity index (χ0v) is 16.1. The summed E-state index contributed by atoms with van der Waals surface area (Å²) in [5.74, 6) is 0.0757. The van der Waals surface area contributed by atoms with Crippen molar-refractivity contribution in [1.82, 2.24) is 25.4 Å². The first-order valence-corrected chi connectivity index (χ1v) is 9.74. The van der Waals surface area contributed by atoms with E-state index in [9.17, 15) is 9.59 Å². The summed E-state index contributed by atoms with van der Waals surface area (Å²) in [5, 5.41) is 0.905. The normalized spacial score (nSPS) is 11.0. The monoisotopic (exact) mass is 393 g/mol. The zero-order chi connectivity index (χ0) is 19.5. The summed E-state index contributed by atoms with van der Waals surface area (Å²) in [7, 11) is 1.87. The van der Waals surface area contributed by atoms with Gasteiger partial charge in [0.25, 0.3) is 0 Å². The van der Waals surface area contributed by atoms with Crippen LogP contribution in [0.3, 0.4) is 0 Å². The maximum Gasteiger partial charge on any atom is 0.245 e. The summed E-state index contributed by atoms with van der Waals surface area (Å²) in [6, 6.07) is 15.6. The highest BCUT2D eigenvalue weighted by Gasteiger charge is 2.13. The lowest BCUT2D eigenvalue weighted by Crippen LogP contribution is -2.42. The molecule has 0 aliphatic rings. The van der Waals surface area contributed by atoms with Gasteiger partial charge in [0.15, 0.2) is 0 Å². The average molecular weight is 393 g/mol. The van der Waals surface area contributed by atoms with E-state index in [1.807, 2.05) is 60.1 Å². The Labute approximate surface area is 165 Å². The molecule has 28 heavy (non-hydrogen) atoms. The molecular formula is C20H19N5O2S. The van der Waals surface area contributed by atoms with Crippen LogP contribution in [0.15, 0.2) is 48.5 Å². The molecule has 2 N–H and O–H groups in total. The Kier molecular flexibility index (Phi) is 5.03. The molecule has 0 spiro atoms. The Bertz CT molecular complexity index is 1130. The molecule has 2 aromatic carbocycles. The van der Waals surface area contributed by atoms with E-state index in [-0.39, 0.29) is 24.7 Å². The van der Waals surface area contributed by atoms with Gasteiger partial charge in [0.05, 0.1) is 32.7 Å². The number of aryl methyl sites for hydroxylation is 2. The lowest BCUT2D eigenvalue weighted by Gasteiger charge is -2.07. The zero-order valence-electron chi connectivity index (χ0n) is 15.3. The summed E-state index contributed by atoms with van der Waals surface area (Å²) in [4.78, 5) is 33.1. The van der Waals surface area contributed by atoms with Crippen molar-refractivity contribution in [2.75, 3.05) is 0 Å². The number of benzene rings is 2. The number of hydrogen-bond donors (Lipinski definition) is 2. The molecule has 0 radical (unpaired) electrons. The average Bonchev–Trinajstić information content (AvgIpc) is 3.26. The van der Waals surface area contributed by atoms with Crippen LogP contribution in [0.1, 0.15) is 17.3 Å². The van der Waals surface area contributed by atoms with Gasteiger partial charge < -0.3 is 4.57 Å². The molecule has 0 saturated carbocycles. The molecule has 2 aromatic heterocycles. The summed E-state index contributed by atoms with van der Waals surface area (Å²) in [5.41, 5.74) is 7.66. The molecule has 7 nitrogen and oxygen atoms in total. The van der Waals surface area contributed by atoms with E-state index in [4.69, 9.17) is 0 Å². The van der Waals surface area contributed by atoms with Crippen LogP contribution in [0.25, 0.3) is 21.3 Å². The molecule has 2 heterocycles. The predicted octanol–water partition coefficient (Wildman–Crippen LogP) is 2.51. The number of hydrogen-bond acceptors (Lipinski definition) is 5. The van der Waals surface area contributed by atoms with E-state index in [2.05, 4.69) is 20.8 Å². The number of thiazole rings is 1. The van der Waals surface area contributed by atoms with Gasteiger partial charge in [0.1, 0.15) is 5.82 Å². The van der Waals surface area contributed by atoms with Crippen molar-refractivity contribution in [3.8, 4) is 0 Å². The smallest absolute Gasteiger partial charge is 0.245 e. The third kappa shape index (κ3) is 3.86. The molecule has 0 atom stereocenters. The quantitative estimate of drug-likeness (QED) is 0.510. The van der Waals surface area contributed by atoms with Gasteiger partial charge in [-0.2, -0.15) is 0 Å². The van der Waals surface area contributed by atoms with Crippen LogP contribution in [0, 0.1) is 0 Å². The molecule has 2 amide bonds. The SMILES string of the molecule is Cn1c(CC(=O)NNC(=O)CCc2nc3ccccc3s2)nc2ccccc21. The highest BCUT2D eigenvalue weighted by molar-refractivity contribution is 7.18. The Morgan fingerprint density at radius 2 is 1.68 bits per heavy atom. The van der Waals surface area contributed by atoms with Crippen LogP contribution in [-0.4, -0.2) is 26.3 Å². The molecule has 0 aliphatic carbocycles. The van der Waals surface area contributed by atoms with E-state index >= 15 is 0 Å². The molecule has 142 valence electrons. The van der Waals surface area contributed by atoms with Crippen LogP contribution < -0.4 is 10.9 Å². The van der Waals surface area contributed by atoms with E-state index in [0.29, 0.717) is 12.2 Å². The number of para-hydroxylation sites is 3. The summed E-state index contributed by atoms with van der Waals surface area (Å²) in [6.45, 7) is 0. The summed E-state index contributed by atoms with van der Waals surface area (Å²) < 4.78 is 2.98. The second-order valence-electron chi connectivity index (χ2n) is 6.42. The summed E-state index contributed by atoms with van der Waals surface area (Å²) in [6.07, 6.45) is 0.877. The molecule has 0 aliphatic heterocycles. The van der Waals surface area contributed by atoms with Crippen molar-refractivity contribution in [1.29, 1.82) is 0 Å². The lowest BCUT2D eigenvalue weighted by molar-refractivity contribution is -0.128. The largest absolute Gasteiger partial charge is 0.331 e. The number of fused-ring (bicyclic) bond motifs is 2. The van der Waals surface area contributed by atoms with Crippen molar-refractivity contribution in [2.24, 2.45) is 7.05 Å². The molecule has 0 unspecified atom stereocenters. The first-order chi connectivity index (χ1) is 13.6. The molecular weight excluding hydrogens is 374 g/mol. The number of nitrogens with zero attached hydrogens (tertiary/aromatic N) is 3. The number of aromatic nitrogens is 3. The van der Waals surface area contributed by atoms with E-state index < -0.39 is 0 Å². The fourth-order valence-electron chi connectivity index (χ4n) is 2.99. The second-order valence-corrected chi connectivity index (χ2v) is 7.54. The number of amides is 2. The maximum absolute atomic E-state index is 12.1. The maximum atomic E-state index is 12.1. The van der Waals surface area contributed by atoms with Gasteiger partial charge in [0, 0.05) is 19.9 Å². The Hall–Kier alpha value is -3.26. The van der Waals surface area contributed by atoms with Gasteiger partial charge in [-0.15, -0.1) is 11.3 Å². The predicted molar refractivity (Wildman–Crippen MR) is 109 cm³/mol. The third-order valence-corrected chi connectivity index (χ3v) is 5.54. The van der Waals surface area contributed by atoms with Crippen molar-refractivity contribution in [2.45, 2.75) is 19.3 Å². The first-order valence-electron chi connectivity index (χ1n) is 8.92. The van der Waals surface area contributed by atoms with E-state index in [1.54, 1.807) is 11.3 Å². The Morgan fingerprint density at radius 1 is 0.964 bits per heavy atom. The number of carbonyl (C=O) groups excluding carboxylic acids is 2. The van der Waals surface area contributed by atoms with Crippen LogP contribution in [0.5, 0.6) is 0 Å². The van der Waals surface area contributed by atoms with Crippen molar-refractivity contribution in [3.05, 3.63) is 59.4 Å². The topological polar surface area (TPSA) is 88.9 Å². The minimum absolute atomic E-state index is 0.0866. The molecule has 4 rings (SSSR count). The lowest BCUT2D eigenvalue weighted by atomic mass is 10.3. The van der Waals surface area contributed by atoms with E-state index in [0.717, 1.165) is 26.3 Å². The van der Waals surface area contributed by atoms with Gasteiger partial charge in [0.2, 0.25) is 11.8 Å². The number of hydrazine groups is 1. The van der Waals surface area contributed by atoms with Crippen molar-refractivity contribution < 1.29 is 9.59 Å². The Morgan fingerprint density at radius 3 is 2.46 bits per heavy atom. The highest BCUT2D eigenvalue weighted by atomic mass is 32.1. The fourth-order valence-corrected chi connectivity index (χ4v) is 3.96. The van der Waals surface area contributed by atoms with Crippen molar-refractivity contribution in [3.63, 3.8) is 0 Å². The Balaban J connectivity index is 1.28. The number of imidazole rings is 1. The minimum atomic E-state index is -0.313. The summed E-state index contributed by atoms with van der Waals surface area (Å²) >= 11 is 1.58. The molecule has 4 aromatic rings. The number of nitrogens with one attached hydrogen (secondary N) is 2. The molecule has 0 bridgehead atoms. The van der Waals surface area contributed by atoms with Gasteiger partial charge in [-0.3, -0.25) is 20.4 Å². The van der Waals surface area contributed by atoms with Gasteiger partial charge in [-0.1, -0.05) is 24.3 Å². The van der Waals surface area contributed by atoms with Gasteiger partial charge in [-0.05, 0) is 24.3 Å². The van der Waals surface area contributed by atoms with Crippen LogP contribution >= 0.6 is 11.3 Å². The molecule has 8 heteroatoms.